The Morgan fingerprint density at radius 2 is 1.97 bits per heavy atom. The molecule has 2 aromatic rings. The minimum Gasteiger partial charge on any atom is -0.452 e. The first kappa shape index (κ1) is 21.8. The van der Waals surface area contributed by atoms with E-state index in [4.69, 9.17) is 9.47 Å². The second-order valence-electron chi connectivity index (χ2n) is 7.85. The molecule has 1 aliphatic carbocycles. The zero-order chi connectivity index (χ0) is 22.5. The molecule has 0 spiro atoms. The molecule has 0 aromatic heterocycles. The van der Waals surface area contributed by atoms with Crippen LogP contribution >= 0.6 is 0 Å². The summed E-state index contributed by atoms with van der Waals surface area (Å²) in [6, 6.07) is 12.0. The molecule has 1 atom stereocenters. The highest BCUT2D eigenvalue weighted by Crippen LogP contribution is 2.30. The number of non-ortho nitro benzene ring substituents is 1. The van der Waals surface area contributed by atoms with Gasteiger partial charge in [-0.1, -0.05) is 24.3 Å². The van der Waals surface area contributed by atoms with Crippen molar-refractivity contribution in [2.75, 3.05) is 37.8 Å². The number of hydrogen-bond acceptors (Lipinski definition) is 7. The van der Waals surface area contributed by atoms with E-state index in [0.717, 1.165) is 24.8 Å². The summed E-state index contributed by atoms with van der Waals surface area (Å²) in [4.78, 5) is 37.9. The van der Waals surface area contributed by atoms with Gasteiger partial charge in [-0.05, 0) is 36.5 Å². The van der Waals surface area contributed by atoms with Crippen LogP contribution in [0.3, 0.4) is 0 Å². The van der Waals surface area contributed by atoms with Gasteiger partial charge >= 0.3 is 5.97 Å². The van der Waals surface area contributed by atoms with Crippen molar-refractivity contribution >= 4 is 23.3 Å². The van der Waals surface area contributed by atoms with Crippen molar-refractivity contribution in [3.63, 3.8) is 0 Å². The summed E-state index contributed by atoms with van der Waals surface area (Å²) < 4.78 is 10.6. The quantitative estimate of drug-likeness (QED) is 0.419. The summed E-state index contributed by atoms with van der Waals surface area (Å²) in [5, 5.41) is 14.1. The van der Waals surface area contributed by atoms with Crippen LogP contribution in [0.25, 0.3) is 0 Å². The lowest BCUT2D eigenvalue weighted by molar-refractivity contribution is -0.384. The van der Waals surface area contributed by atoms with Crippen LogP contribution in [0.2, 0.25) is 0 Å². The minimum atomic E-state index is -0.769. The van der Waals surface area contributed by atoms with Crippen molar-refractivity contribution in [2.45, 2.75) is 25.3 Å². The number of benzene rings is 2. The fraction of sp³-hybridized carbons (Fsp3) is 0.391. The van der Waals surface area contributed by atoms with Gasteiger partial charge in [0.2, 0.25) is 0 Å². The van der Waals surface area contributed by atoms with E-state index < -0.39 is 23.4 Å². The largest absolute Gasteiger partial charge is 0.452 e. The van der Waals surface area contributed by atoms with E-state index in [1.807, 2.05) is 23.1 Å². The van der Waals surface area contributed by atoms with Crippen LogP contribution in [0.1, 0.15) is 40.4 Å². The Bertz CT molecular complexity index is 1020. The normalized spacial score (nSPS) is 17.9. The molecular formula is C23H25N3O6. The van der Waals surface area contributed by atoms with Crippen LogP contribution in [-0.4, -0.2) is 49.7 Å². The summed E-state index contributed by atoms with van der Waals surface area (Å²) in [6.07, 6.45) is 2.77. The Hall–Kier alpha value is -3.46. The number of aryl methyl sites for hydroxylation is 1. The van der Waals surface area contributed by atoms with E-state index in [-0.39, 0.29) is 17.3 Å². The first-order valence-electron chi connectivity index (χ1n) is 10.7. The van der Waals surface area contributed by atoms with Crippen molar-refractivity contribution in [1.82, 2.24) is 5.32 Å². The van der Waals surface area contributed by atoms with E-state index >= 15 is 0 Å². The topological polar surface area (TPSA) is 111 Å². The maximum atomic E-state index is 12.8. The van der Waals surface area contributed by atoms with Crippen LogP contribution < -0.4 is 10.2 Å². The molecule has 1 aliphatic heterocycles. The maximum absolute atomic E-state index is 12.8. The first-order chi connectivity index (χ1) is 15.5. The lowest BCUT2D eigenvalue weighted by Crippen LogP contribution is -2.37. The number of nitro benzene ring substituents is 1. The number of nitrogens with one attached hydrogen (secondary N) is 1. The molecule has 0 bridgehead atoms. The molecule has 0 saturated carbocycles. The molecule has 168 valence electrons. The number of anilines is 1. The average molecular weight is 439 g/mol. The van der Waals surface area contributed by atoms with E-state index in [0.29, 0.717) is 32.0 Å². The Balaban J connectivity index is 1.44. The zero-order valence-corrected chi connectivity index (χ0v) is 17.6. The van der Waals surface area contributed by atoms with Crippen LogP contribution in [0.4, 0.5) is 11.4 Å². The van der Waals surface area contributed by atoms with Crippen LogP contribution in [0, 0.1) is 10.1 Å². The number of esters is 1. The highest BCUT2D eigenvalue weighted by molar-refractivity contribution is 5.97. The Kier molecular flexibility index (Phi) is 6.65. The van der Waals surface area contributed by atoms with Crippen LogP contribution in [0.5, 0.6) is 0 Å². The summed E-state index contributed by atoms with van der Waals surface area (Å²) in [5.41, 5.74) is 2.69. The Morgan fingerprint density at radius 1 is 1.19 bits per heavy atom. The smallest absolute Gasteiger partial charge is 0.341 e. The molecule has 2 aliphatic rings. The van der Waals surface area contributed by atoms with E-state index in [2.05, 4.69) is 11.4 Å². The molecule has 1 fully saturated rings. The molecule has 0 radical (unpaired) electrons. The molecule has 1 saturated heterocycles. The van der Waals surface area contributed by atoms with Gasteiger partial charge in [-0.3, -0.25) is 14.9 Å². The highest BCUT2D eigenvalue weighted by Gasteiger charge is 2.25. The van der Waals surface area contributed by atoms with Gasteiger partial charge in [0.1, 0.15) is 0 Å². The predicted octanol–water partition coefficient (Wildman–Crippen LogP) is 2.78. The van der Waals surface area contributed by atoms with Crippen molar-refractivity contribution < 1.29 is 24.0 Å². The molecule has 4 rings (SSSR count). The summed E-state index contributed by atoms with van der Waals surface area (Å²) in [5.74, 6) is -1.17. The first-order valence-corrected chi connectivity index (χ1v) is 10.7. The van der Waals surface area contributed by atoms with Gasteiger partial charge in [0.25, 0.3) is 11.6 Å². The fourth-order valence-electron chi connectivity index (χ4n) is 4.23. The number of ether oxygens (including phenoxy) is 2. The van der Waals surface area contributed by atoms with Crippen LogP contribution in [-0.2, 0) is 20.7 Å². The number of rotatable bonds is 6. The van der Waals surface area contributed by atoms with E-state index in [1.165, 1.54) is 17.7 Å². The summed E-state index contributed by atoms with van der Waals surface area (Å²) in [7, 11) is 0. The van der Waals surface area contributed by atoms with E-state index in [1.54, 1.807) is 6.07 Å². The molecule has 0 unspecified atom stereocenters. The summed E-state index contributed by atoms with van der Waals surface area (Å²) >= 11 is 0. The molecule has 2 aromatic carbocycles. The molecule has 9 nitrogen and oxygen atoms in total. The number of carbonyl (C=O) groups excluding carboxylic acids is 2. The fourth-order valence-corrected chi connectivity index (χ4v) is 4.23. The van der Waals surface area contributed by atoms with E-state index in [9.17, 15) is 19.7 Å². The average Bonchev–Trinajstić information content (AvgIpc) is 2.83. The molecule has 1 amide bonds. The number of carbonyl (C=O) groups is 2. The van der Waals surface area contributed by atoms with Gasteiger partial charge in [0, 0.05) is 25.2 Å². The minimum absolute atomic E-state index is 0.0666. The van der Waals surface area contributed by atoms with Gasteiger partial charge in [-0.2, -0.15) is 0 Å². The standard InChI is InChI=1S/C23H25N3O6/c27-22(24-20-7-3-5-16-4-1-2-6-18(16)20)15-32-23(28)19-14-17(26(29)30)8-9-21(19)25-10-12-31-13-11-25/h1-2,4,6,8-9,14,20H,3,5,7,10-13,15H2,(H,24,27)/t20-/m0/s1. The van der Waals surface area contributed by atoms with Gasteiger partial charge in [0.05, 0.1) is 35.4 Å². The number of fused-ring (bicyclic) bond motifs is 1. The highest BCUT2D eigenvalue weighted by atomic mass is 16.6. The maximum Gasteiger partial charge on any atom is 0.341 e. The van der Waals surface area contributed by atoms with Gasteiger partial charge in [-0.15, -0.1) is 0 Å². The number of nitrogens with zero attached hydrogens (tertiary/aromatic N) is 2. The van der Waals surface area contributed by atoms with Crippen LogP contribution in [0.15, 0.2) is 42.5 Å². The zero-order valence-electron chi connectivity index (χ0n) is 17.6. The molecule has 1 N–H and O–H groups in total. The third-order valence-corrected chi connectivity index (χ3v) is 5.80. The second kappa shape index (κ2) is 9.78. The number of nitro groups is 1. The third-order valence-electron chi connectivity index (χ3n) is 5.80. The number of hydrogen-bond donors (Lipinski definition) is 1. The number of morpholine rings is 1. The van der Waals surface area contributed by atoms with Crippen molar-refractivity contribution in [3.8, 4) is 0 Å². The lowest BCUT2D eigenvalue weighted by Gasteiger charge is -2.30. The SMILES string of the molecule is O=C(COC(=O)c1cc([N+](=O)[O-])ccc1N1CCOCC1)N[C@H]1CCCc2ccccc21. The Morgan fingerprint density at radius 3 is 2.75 bits per heavy atom. The van der Waals surface area contributed by atoms with Crippen molar-refractivity contribution in [1.29, 1.82) is 0 Å². The van der Waals surface area contributed by atoms with Gasteiger partial charge < -0.3 is 19.7 Å². The van der Waals surface area contributed by atoms with Gasteiger partial charge in [0.15, 0.2) is 6.61 Å². The lowest BCUT2D eigenvalue weighted by atomic mass is 9.88. The molecular weight excluding hydrogens is 414 g/mol. The third kappa shape index (κ3) is 4.88. The molecule has 1 heterocycles. The number of amides is 1. The second-order valence-corrected chi connectivity index (χ2v) is 7.85. The summed E-state index contributed by atoms with van der Waals surface area (Å²) in [6.45, 7) is 1.65. The molecule has 32 heavy (non-hydrogen) atoms. The predicted molar refractivity (Wildman–Crippen MR) is 117 cm³/mol. The molecule has 9 heteroatoms. The Labute approximate surface area is 185 Å². The van der Waals surface area contributed by atoms with Gasteiger partial charge in [-0.25, -0.2) is 4.79 Å². The monoisotopic (exact) mass is 439 g/mol. The van der Waals surface area contributed by atoms with Crippen molar-refractivity contribution in [2.24, 2.45) is 0 Å². The van der Waals surface area contributed by atoms with Crippen molar-refractivity contribution in [3.05, 3.63) is 69.3 Å².